The normalized spacial score (nSPS) is 28.9. The Hall–Kier alpha value is -3.72. The highest BCUT2D eigenvalue weighted by molar-refractivity contribution is 9.10. The van der Waals surface area contributed by atoms with Gasteiger partial charge in [0.25, 0.3) is 11.8 Å². The molecule has 50 heavy (non-hydrogen) atoms. The van der Waals surface area contributed by atoms with Crippen LogP contribution in [0.2, 0.25) is 5.02 Å². The van der Waals surface area contributed by atoms with Gasteiger partial charge in [0, 0.05) is 10.9 Å². The zero-order valence-corrected chi connectivity index (χ0v) is 28.9. The molecule has 8 nitrogen and oxygen atoms in total. The predicted molar refractivity (Wildman–Crippen MR) is 173 cm³/mol. The lowest BCUT2D eigenvalue weighted by molar-refractivity contribution is -0.125. The highest BCUT2D eigenvalue weighted by Crippen LogP contribution is 2.66. The number of amides is 4. The van der Waals surface area contributed by atoms with E-state index in [1.807, 2.05) is 0 Å². The van der Waals surface area contributed by atoms with Crippen molar-refractivity contribution in [1.29, 1.82) is 0 Å². The monoisotopic (exact) mass is 818 g/mol. The maximum Gasteiger partial charge on any atom is 0.258 e. The molecule has 3 fully saturated rings. The van der Waals surface area contributed by atoms with Crippen LogP contribution in [0.1, 0.15) is 24.3 Å². The van der Waals surface area contributed by atoms with Gasteiger partial charge in [-0.25, -0.2) is 26.9 Å². The summed E-state index contributed by atoms with van der Waals surface area (Å²) in [6.45, 7) is 0. The first-order valence-corrected chi connectivity index (χ1v) is 16.6. The average Bonchev–Trinajstić information content (AvgIpc) is 3.42. The molecule has 2 aliphatic heterocycles. The molecule has 1 N–H and O–H groups in total. The van der Waals surface area contributed by atoms with Crippen molar-refractivity contribution in [2.24, 2.45) is 17.8 Å². The van der Waals surface area contributed by atoms with Crippen LogP contribution in [0.4, 0.5) is 33.3 Å². The van der Waals surface area contributed by atoms with Crippen LogP contribution < -0.4 is 14.5 Å². The number of benzene rings is 3. The topological polar surface area (TPSA) is 104 Å². The van der Waals surface area contributed by atoms with E-state index >= 15 is 8.78 Å². The summed E-state index contributed by atoms with van der Waals surface area (Å²) in [5.41, 5.74) is -1.40. The van der Waals surface area contributed by atoms with E-state index in [9.17, 15) is 37.5 Å². The second-order valence-corrected chi connectivity index (χ2v) is 14.8. The first-order valence-electron chi connectivity index (χ1n) is 14.7. The van der Waals surface area contributed by atoms with Crippen LogP contribution in [0, 0.1) is 46.8 Å². The molecule has 7 rings (SSSR count). The number of carbonyl (C=O) groups excluding carboxylic acids is 4. The summed E-state index contributed by atoms with van der Waals surface area (Å²) in [6.07, 6.45) is 0.839. The number of carbonyl (C=O) groups is 4. The third-order valence-corrected chi connectivity index (χ3v) is 12.2. The summed E-state index contributed by atoms with van der Waals surface area (Å²) in [7, 11) is 1.21. The van der Waals surface area contributed by atoms with Gasteiger partial charge in [0.2, 0.25) is 17.6 Å². The molecule has 17 heteroatoms. The number of hydrogen-bond acceptors (Lipinski definition) is 6. The number of allylic oxidation sites excluding steroid dienone is 2. The molecule has 260 valence electrons. The highest BCUT2D eigenvalue weighted by Gasteiger charge is 2.77. The zero-order chi connectivity index (χ0) is 36.4. The Kier molecular flexibility index (Phi) is 8.09. The highest BCUT2D eigenvalue weighted by atomic mass is 79.9. The second-order valence-electron chi connectivity index (χ2n) is 12.2. The van der Waals surface area contributed by atoms with E-state index in [1.165, 1.54) is 43.5 Å². The molecule has 6 atom stereocenters. The molecule has 3 aromatic rings. The number of phenolic OH excluding ortho intramolecular Hbond substituents is 1. The van der Waals surface area contributed by atoms with Crippen LogP contribution in [0.3, 0.4) is 0 Å². The van der Waals surface area contributed by atoms with Crippen molar-refractivity contribution in [2.75, 3.05) is 16.9 Å². The van der Waals surface area contributed by atoms with Gasteiger partial charge in [0.1, 0.15) is 5.69 Å². The van der Waals surface area contributed by atoms with Crippen molar-refractivity contribution >= 4 is 85.7 Å². The lowest BCUT2D eigenvalue weighted by Crippen LogP contribution is -2.60. The second kappa shape index (κ2) is 11.7. The molecular weight excluding hydrogens is 802 g/mol. The first kappa shape index (κ1) is 34.7. The van der Waals surface area contributed by atoms with Crippen LogP contribution in [-0.4, -0.2) is 45.6 Å². The SMILES string of the molecule is COc1cc(C2C3=CCC4C(=O)N(c5ccc(Cl)cc5)C(=O)C4C3CC3(Cl)C(=O)N(c4c(F)c(F)c(F)c(F)c4F)C(=O)C23Cl)cc(Br)c1O. The van der Waals surface area contributed by atoms with Gasteiger partial charge < -0.3 is 9.84 Å². The van der Waals surface area contributed by atoms with Gasteiger partial charge in [-0.2, -0.15) is 0 Å². The zero-order valence-electron chi connectivity index (χ0n) is 25.0. The number of hydrogen-bond donors (Lipinski definition) is 1. The van der Waals surface area contributed by atoms with Crippen LogP contribution in [-0.2, 0) is 19.2 Å². The van der Waals surface area contributed by atoms with Gasteiger partial charge in [-0.3, -0.25) is 24.1 Å². The van der Waals surface area contributed by atoms with E-state index < -0.39 is 98.2 Å². The molecule has 2 saturated heterocycles. The Morgan fingerprint density at radius 3 is 2.06 bits per heavy atom. The van der Waals surface area contributed by atoms with Crippen LogP contribution in [0.15, 0.2) is 52.5 Å². The maximum atomic E-state index is 15.2. The molecule has 4 amide bonds. The smallest absolute Gasteiger partial charge is 0.258 e. The van der Waals surface area contributed by atoms with Gasteiger partial charge in [0.15, 0.2) is 44.5 Å². The number of methoxy groups -OCH3 is 1. The average molecular weight is 821 g/mol. The molecule has 0 aromatic heterocycles. The number of imide groups is 2. The van der Waals surface area contributed by atoms with Gasteiger partial charge in [-0.05, 0) is 76.7 Å². The Morgan fingerprint density at radius 2 is 1.46 bits per heavy atom. The first-order chi connectivity index (χ1) is 23.5. The standard InChI is InChI=1S/C33H19BrCl3F5N2O6/c1-50-18-9-11(8-17(34)27(18)45)20-14-6-7-15-19(29(47)43(28(15)46)13-4-2-12(35)3-5-13)16(14)10-32(36)30(48)44(31(49)33(20,32)37)26-24(41)22(39)21(38)23(40)25(26)42/h2-6,8-9,15-16,19-20,45H,7,10H2,1H3. The van der Waals surface area contributed by atoms with Crippen molar-refractivity contribution in [1.82, 2.24) is 0 Å². The number of anilines is 2. The summed E-state index contributed by atoms with van der Waals surface area (Å²) >= 11 is 23.5. The van der Waals surface area contributed by atoms with Gasteiger partial charge >= 0.3 is 0 Å². The molecule has 1 saturated carbocycles. The Labute approximate surface area is 302 Å². The summed E-state index contributed by atoms with van der Waals surface area (Å²) in [4.78, 5) is 51.9. The molecule has 0 radical (unpaired) electrons. The Morgan fingerprint density at radius 1 is 0.860 bits per heavy atom. The van der Waals surface area contributed by atoms with Gasteiger partial charge in [-0.1, -0.05) is 23.3 Å². The number of ether oxygens (including phenoxy) is 1. The van der Waals surface area contributed by atoms with Crippen molar-refractivity contribution in [3.8, 4) is 11.5 Å². The number of aromatic hydroxyl groups is 1. The summed E-state index contributed by atoms with van der Waals surface area (Å²) in [5, 5.41) is 10.9. The van der Waals surface area contributed by atoms with Crippen LogP contribution >= 0.6 is 50.7 Å². The lowest BCUT2D eigenvalue weighted by atomic mass is 9.56. The van der Waals surface area contributed by atoms with Gasteiger partial charge in [0.05, 0.1) is 29.1 Å². The van der Waals surface area contributed by atoms with E-state index in [1.54, 1.807) is 6.08 Å². The number of halogens is 9. The maximum absolute atomic E-state index is 15.2. The molecule has 3 aromatic carbocycles. The minimum absolute atomic E-state index is 0.0122. The quantitative estimate of drug-likeness (QED) is 0.0742. The fraction of sp³-hybridized carbons (Fsp3) is 0.273. The predicted octanol–water partition coefficient (Wildman–Crippen LogP) is 7.28. The molecular formula is C33H19BrCl3F5N2O6. The molecule has 4 aliphatic rings. The van der Waals surface area contributed by atoms with Crippen molar-refractivity contribution in [2.45, 2.75) is 28.5 Å². The fourth-order valence-corrected chi connectivity index (χ4v) is 9.22. The largest absolute Gasteiger partial charge is 0.503 e. The third-order valence-electron chi connectivity index (χ3n) is 9.91. The van der Waals surface area contributed by atoms with E-state index in [-0.39, 0.29) is 44.1 Å². The molecule has 0 bridgehead atoms. The number of rotatable bonds is 4. The minimum Gasteiger partial charge on any atom is -0.503 e. The van der Waals surface area contributed by atoms with Crippen molar-refractivity contribution < 1.29 is 51.0 Å². The van der Waals surface area contributed by atoms with Crippen LogP contribution in [0.5, 0.6) is 11.5 Å². The minimum atomic E-state index is -2.73. The Balaban J connectivity index is 1.45. The van der Waals surface area contributed by atoms with E-state index in [0.29, 0.717) is 5.02 Å². The lowest BCUT2D eigenvalue weighted by Gasteiger charge is -2.50. The molecule has 6 unspecified atom stereocenters. The Bertz CT molecular complexity index is 2090. The molecule has 2 heterocycles. The number of fused-ring (bicyclic) bond motifs is 4. The van der Waals surface area contributed by atoms with E-state index in [0.717, 1.165) is 4.90 Å². The fourth-order valence-electron chi connectivity index (χ4n) is 7.70. The van der Waals surface area contributed by atoms with E-state index in [2.05, 4.69) is 15.9 Å². The third kappa shape index (κ3) is 4.40. The summed E-state index contributed by atoms with van der Waals surface area (Å²) in [6, 6.07) is 8.43. The summed E-state index contributed by atoms with van der Waals surface area (Å²) < 4.78 is 78.7. The van der Waals surface area contributed by atoms with Gasteiger partial charge in [-0.15, -0.1) is 23.2 Å². The van der Waals surface area contributed by atoms with Crippen molar-refractivity contribution in [3.63, 3.8) is 0 Å². The molecule has 2 aliphatic carbocycles. The van der Waals surface area contributed by atoms with Crippen LogP contribution in [0.25, 0.3) is 0 Å². The molecule has 0 spiro atoms. The number of alkyl halides is 2. The van der Waals surface area contributed by atoms with E-state index in [4.69, 9.17) is 39.5 Å². The number of nitrogens with zero attached hydrogens (tertiary/aromatic N) is 2. The van der Waals surface area contributed by atoms with Crippen molar-refractivity contribution in [3.05, 3.63) is 92.2 Å². The number of phenols is 1. The summed E-state index contributed by atoms with van der Waals surface area (Å²) in [5.74, 6) is -22.2.